The molecule has 1 N–H and O–H groups in total. The first-order chi connectivity index (χ1) is 8.34. The Morgan fingerprint density at radius 2 is 1.88 bits per heavy atom. The van der Waals surface area contributed by atoms with Crippen LogP contribution in [0.5, 0.6) is 0 Å². The second-order valence-electron chi connectivity index (χ2n) is 3.81. The molecule has 0 unspecified atom stereocenters. The van der Waals surface area contributed by atoms with Crippen LogP contribution in [0.4, 0.5) is 5.69 Å². The molecular formula is C14H10N2O. The Bertz CT molecular complexity index is 603. The molecule has 17 heavy (non-hydrogen) atoms. The molecule has 0 bridgehead atoms. The summed E-state index contributed by atoms with van der Waals surface area (Å²) < 4.78 is 0. The van der Waals surface area contributed by atoms with E-state index in [1.165, 1.54) is 0 Å². The van der Waals surface area contributed by atoms with Crippen molar-refractivity contribution in [1.82, 2.24) is 4.98 Å². The Labute approximate surface area is 98.8 Å². The van der Waals surface area contributed by atoms with E-state index in [0.29, 0.717) is 5.57 Å². The van der Waals surface area contributed by atoms with Gasteiger partial charge in [-0.3, -0.25) is 9.78 Å². The fourth-order valence-corrected chi connectivity index (χ4v) is 1.89. The summed E-state index contributed by atoms with van der Waals surface area (Å²) in [6.07, 6.45) is 3.52. The van der Waals surface area contributed by atoms with Gasteiger partial charge in [0.25, 0.3) is 5.91 Å². The molecule has 0 atom stereocenters. The van der Waals surface area contributed by atoms with Crippen molar-refractivity contribution in [3.05, 3.63) is 59.9 Å². The summed E-state index contributed by atoms with van der Waals surface area (Å²) in [6, 6.07) is 13.3. The summed E-state index contributed by atoms with van der Waals surface area (Å²) in [5.41, 5.74) is 3.25. The van der Waals surface area contributed by atoms with Gasteiger partial charge in [0.1, 0.15) is 0 Å². The molecule has 82 valence electrons. The van der Waals surface area contributed by atoms with E-state index >= 15 is 0 Å². The van der Waals surface area contributed by atoms with E-state index in [-0.39, 0.29) is 5.91 Å². The number of pyridine rings is 1. The summed E-state index contributed by atoms with van der Waals surface area (Å²) in [6.45, 7) is 0. The van der Waals surface area contributed by atoms with Gasteiger partial charge in [0.2, 0.25) is 0 Å². The van der Waals surface area contributed by atoms with Crippen molar-refractivity contribution in [2.45, 2.75) is 0 Å². The largest absolute Gasteiger partial charge is 0.321 e. The van der Waals surface area contributed by atoms with E-state index in [4.69, 9.17) is 0 Å². The lowest BCUT2D eigenvalue weighted by Crippen LogP contribution is -2.03. The van der Waals surface area contributed by atoms with Crippen molar-refractivity contribution >= 4 is 23.2 Å². The maximum Gasteiger partial charge on any atom is 0.256 e. The Hall–Kier alpha value is -2.42. The van der Waals surface area contributed by atoms with Crippen LogP contribution >= 0.6 is 0 Å². The predicted molar refractivity (Wildman–Crippen MR) is 67.2 cm³/mol. The van der Waals surface area contributed by atoms with Crippen molar-refractivity contribution < 1.29 is 4.79 Å². The molecule has 0 saturated carbocycles. The first kappa shape index (κ1) is 9.78. The number of carbonyl (C=O) groups excluding carboxylic acids is 1. The number of para-hydroxylation sites is 1. The molecule has 2 heterocycles. The highest BCUT2D eigenvalue weighted by Gasteiger charge is 2.23. The minimum Gasteiger partial charge on any atom is -0.321 e. The highest BCUT2D eigenvalue weighted by Crippen LogP contribution is 2.32. The van der Waals surface area contributed by atoms with Crippen LogP contribution in [0, 0.1) is 0 Å². The van der Waals surface area contributed by atoms with E-state index in [1.807, 2.05) is 42.5 Å². The normalized spacial score (nSPS) is 15.8. The zero-order valence-electron chi connectivity index (χ0n) is 9.05. The number of hydrogen-bond acceptors (Lipinski definition) is 2. The van der Waals surface area contributed by atoms with E-state index in [9.17, 15) is 4.79 Å². The van der Waals surface area contributed by atoms with Crippen LogP contribution in [0.3, 0.4) is 0 Å². The number of anilines is 1. The summed E-state index contributed by atoms with van der Waals surface area (Å²) >= 11 is 0. The fraction of sp³-hybridized carbons (Fsp3) is 0. The van der Waals surface area contributed by atoms with Gasteiger partial charge in [0.05, 0.1) is 11.3 Å². The summed E-state index contributed by atoms with van der Waals surface area (Å²) in [7, 11) is 0. The zero-order chi connectivity index (χ0) is 11.7. The number of rotatable bonds is 1. The monoisotopic (exact) mass is 222 g/mol. The van der Waals surface area contributed by atoms with Crippen LogP contribution in [0.1, 0.15) is 11.3 Å². The van der Waals surface area contributed by atoms with Crippen LogP contribution in [0.2, 0.25) is 0 Å². The van der Waals surface area contributed by atoms with Gasteiger partial charge in [0.15, 0.2) is 0 Å². The lowest BCUT2D eigenvalue weighted by atomic mass is 10.1. The molecule has 0 aliphatic carbocycles. The highest BCUT2D eigenvalue weighted by atomic mass is 16.2. The number of aromatic nitrogens is 1. The minimum atomic E-state index is -0.0724. The van der Waals surface area contributed by atoms with Crippen LogP contribution in [-0.2, 0) is 4.79 Å². The minimum absolute atomic E-state index is 0.0724. The summed E-state index contributed by atoms with van der Waals surface area (Å²) in [5.74, 6) is -0.0724. The third-order valence-electron chi connectivity index (χ3n) is 2.69. The smallest absolute Gasteiger partial charge is 0.256 e. The van der Waals surface area contributed by atoms with Crippen LogP contribution in [0.15, 0.2) is 48.7 Å². The van der Waals surface area contributed by atoms with Gasteiger partial charge in [-0.05, 0) is 24.3 Å². The lowest BCUT2D eigenvalue weighted by molar-refractivity contribution is -0.110. The molecule has 1 aromatic carbocycles. The third-order valence-corrected chi connectivity index (χ3v) is 2.69. The van der Waals surface area contributed by atoms with E-state index in [1.54, 1.807) is 12.3 Å². The zero-order valence-corrected chi connectivity index (χ0v) is 9.05. The number of amides is 1. The summed E-state index contributed by atoms with van der Waals surface area (Å²) in [4.78, 5) is 16.0. The topological polar surface area (TPSA) is 42.0 Å². The Morgan fingerprint density at radius 3 is 2.71 bits per heavy atom. The maximum atomic E-state index is 11.8. The molecular weight excluding hydrogens is 212 g/mol. The van der Waals surface area contributed by atoms with Gasteiger partial charge in [-0.1, -0.05) is 24.3 Å². The van der Waals surface area contributed by atoms with Crippen LogP contribution < -0.4 is 5.32 Å². The molecule has 0 fully saturated rings. The predicted octanol–water partition coefficient (Wildman–Crippen LogP) is 2.57. The number of nitrogens with zero attached hydrogens (tertiary/aromatic N) is 1. The molecule has 1 aromatic heterocycles. The average molecular weight is 222 g/mol. The number of carbonyl (C=O) groups is 1. The second kappa shape index (κ2) is 3.87. The average Bonchev–Trinajstić information content (AvgIpc) is 2.68. The van der Waals surface area contributed by atoms with Gasteiger partial charge in [-0.25, -0.2) is 0 Å². The van der Waals surface area contributed by atoms with Crippen molar-refractivity contribution in [3.8, 4) is 0 Å². The van der Waals surface area contributed by atoms with E-state index in [0.717, 1.165) is 16.9 Å². The number of benzene rings is 1. The Kier molecular flexibility index (Phi) is 2.22. The SMILES string of the molecule is O=C1Nc2ccccc2/C1=C/c1ccccn1. The molecule has 3 nitrogen and oxygen atoms in total. The first-order valence-electron chi connectivity index (χ1n) is 5.38. The van der Waals surface area contributed by atoms with Crippen molar-refractivity contribution in [1.29, 1.82) is 0 Å². The fourth-order valence-electron chi connectivity index (χ4n) is 1.89. The quantitative estimate of drug-likeness (QED) is 0.753. The van der Waals surface area contributed by atoms with Crippen molar-refractivity contribution in [2.75, 3.05) is 5.32 Å². The molecule has 1 amide bonds. The maximum absolute atomic E-state index is 11.8. The standard InChI is InChI=1S/C14H10N2O/c17-14-12(9-10-5-3-4-8-15-10)11-6-1-2-7-13(11)16-14/h1-9H,(H,16,17)/b12-9-. The summed E-state index contributed by atoms with van der Waals surface area (Å²) in [5, 5.41) is 2.83. The molecule has 0 spiro atoms. The molecule has 1 aliphatic heterocycles. The Balaban J connectivity index is 2.10. The Morgan fingerprint density at radius 1 is 1.06 bits per heavy atom. The lowest BCUT2D eigenvalue weighted by Gasteiger charge is -1.97. The van der Waals surface area contributed by atoms with Crippen LogP contribution in [0.25, 0.3) is 11.6 Å². The van der Waals surface area contributed by atoms with Gasteiger partial charge < -0.3 is 5.32 Å². The van der Waals surface area contributed by atoms with Gasteiger partial charge in [-0.2, -0.15) is 0 Å². The van der Waals surface area contributed by atoms with E-state index < -0.39 is 0 Å². The second-order valence-corrected chi connectivity index (χ2v) is 3.81. The molecule has 0 radical (unpaired) electrons. The highest BCUT2D eigenvalue weighted by molar-refractivity contribution is 6.34. The number of hydrogen-bond donors (Lipinski definition) is 1. The molecule has 1 aliphatic rings. The van der Waals surface area contributed by atoms with Gasteiger partial charge in [-0.15, -0.1) is 0 Å². The first-order valence-corrected chi connectivity index (χ1v) is 5.38. The van der Waals surface area contributed by atoms with Gasteiger partial charge in [0, 0.05) is 17.4 Å². The number of fused-ring (bicyclic) bond motifs is 1. The van der Waals surface area contributed by atoms with Crippen molar-refractivity contribution in [2.24, 2.45) is 0 Å². The number of nitrogens with one attached hydrogen (secondary N) is 1. The molecule has 3 heteroatoms. The van der Waals surface area contributed by atoms with Crippen molar-refractivity contribution in [3.63, 3.8) is 0 Å². The molecule has 0 saturated heterocycles. The van der Waals surface area contributed by atoms with E-state index in [2.05, 4.69) is 10.3 Å². The third kappa shape index (κ3) is 1.72. The van der Waals surface area contributed by atoms with Gasteiger partial charge >= 0.3 is 0 Å². The molecule has 3 rings (SSSR count). The molecule has 2 aromatic rings. The van der Waals surface area contributed by atoms with Crippen LogP contribution in [-0.4, -0.2) is 10.9 Å².